The fourth-order valence-corrected chi connectivity index (χ4v) is 2.43. The van der Waals surface area contributed by atoms with E-state index >= 15 is 0 Å². The van der Waals surface area contributed by atoms with Gasteiger partial charge in [-0.2, -0.15) is 0 Å². The van der Waals surface area contributed by atoms with E-state index in [2.05, 4.69) is 9.72 Å². The number of nitro groups is 1. The monoisotopic (exact) mass is 339 g/mol. The first-order valence-electron chi connectivity index (χ1n) is 7.30. The molecule has 3 rings (SSSR count). The summed E-state index contributed by atoms with van der Waals surface area (Å²) in [6.07, 6.45) is 1.39. The molecule has 126 valence electrons. The van der Waals surface area contributed by atoms with Gasteiger partial charge >= 0.3 is 5.97 Å². The van der Waals surface area contributed by atoms with E-state index in [9.17, 15) is 19.7 Å². The molecular weight excluding hydrogens is 326 g/mol. The third kappa shape index (κ3) is 3.23. The predicted molar refractivity (Wildman–Crippen MR) is 89.5 cm³/mol. The Labute approximate surface area is 141 Å². The second kappa shape index (κ2) is 6.52. The molecule has 25 heavy (non-hydrogen) atoms. The third-order valence-electron chi connectivity index (χ3n) is 3.75. The quantitative estimate of drug-likeness (QED) is 0.410. The van der Waals surface area contributed by atoms with Gasteiger partial charge in [0.05, 0.1) is 41.4 Å². The average Bonchev–Trinajstić information content (AvgIpc) is 2.63. The summed E-state index contributed by atoms with van der Waals surface area (Å²) in [6.45, 7) is 0.228. The maximum absolute atomic E-state index is 12.6. The molecule has 0 atom stereocenters. The van der Waals surface area contributed by atoms with Gasteiger partial charge in [-0.3, -0.25) is 19.5 Å². The molecule has 0 saturated heterocycles. The minimum atomic E-state index is -0.554. The number of fused-ring (bicyclic) bond motifs is 1. The van der Waals surface area contributed by atoms with Crippen LogP contribution in [0.15, 0.2) is 53.6 Å². The van der Waals surface area contributed by atoms with Gasteiger partial charge in [0.15, 0.2) is 0 Å². The normalized spacial score (nSPS) is 10.6. The van der Waals surface area contributed by atoms with Crippen molar-refractivity contribution in [2.24, 2.45) is 0 Å². The van der Waals surface area contributed by atoms with Crippen molar-refractivity contribution >= 4 is 22.6 Å². The summed E-state index contributed by atoms with van der Waals surface area (Å²) in [7, 11) is 1.30. The number of esters is 1. The minimum Gasteiger partial charge on any atom is -0.465 e. The molecule has 0 N–H and O–H groups in total. The molecule has 2 aromatic carbocycles. The topological polar surface area (TPSA) is 104 Å². The molecule has 0 fully saturated rings. The maximum atomic E-state index is 12.6. The highest BCUT2D eigenvalue weighted by molar-refractivity contribution is 5.89. The molecule has 3 aromatic rings. The van der Waals surface area contributed by atoms with Crippen molar-refractivity contribution in [1.82, 2.24) is 9.55 Å². The summed E-state index contributed by atoms with van der Waals surface area (Å²) in [6, 6.07) is 10.6. The zero-order valence-corrected chi connectivity index (χ0v) is 13.2. The number of ether oxygens (including phenoxy) is 1. The van der Waals surface area contributed by atoms with Crippen LogP contribution in [0.5, 0.6) is 0 Å². The Morgan fingerprint density at radius 2 is 1.96 bits per heavy atom. The second-order valence-corrected chi connectivity index (χ2v) is 5.32. The zero-order chi connectivity index (χ0) is 18.0. The lowest BCUT2D eigenvalue weighted by molar-refractivity contribution is -0.384. The smallest absolute Gasteiger partial charge is 0.337 e. The van der Waals surface area contributed by atoms with Gasteiger partial charge in [-0.15, -0.1) is 0 Å². The number of non-ortho nitro benzene ring substituents is 1. The van der Waals surface area contributed by atoms with Gasteiger partial charge in [-0.1, -0.05) is 12.1 Å². The highest BCUT2D eigenvalue weighted by Gasteiger charge is 2.11. The van der Waals surface area contributed by atoms with Crippen molar-refractivity contribution in [3.8, 4) is 0 Å². The molecule has 1 aromatic heterocycles. The van der Waals surface area contributed by atoms with Crippen molar-refractivity contribution < 1.29 is 14.5 Å². The standard InChI is InChI=1S/C17H13N3O5/c1-25-17(22)12-4-2-11(3-5-12)9-19-10-18-15-7-6-13(20(23)24)8-14(15)16(19)21/h2-8,10H,9H2,1H3. The lowest BCUT2D eigenvalue weighted by Crippen LogP contribution is -2.21. The van der Waals surface area contributed by atoms with Crippen LogP contribution in [0.25, 0.3) is 10.9 Å². The molecule has 0 radical (unpaired) electrons. The first-order valence-corrected chi connectivity index (χ1v) is 7.30. The van der Waals surface area contributed by atoms with Gasteiger partial charge in [-0.05, 0) is 23.8 Å². The number of hydrogen-bond donors (Lipinski definition) is 0. The number of benzene rings is 2. The molecule has 0 saturated carbocycles. The van der Waals surface area contributed by atoms with Gasteiger partial charge in [0.25, 0.3) is 11.2 Å². The SMILES string of the molecule is COC(=O)c1ccc(Cn2cnc3ccc([N+](=O)[O-])cc3c2=O)cc1. The first-order chi connectivity index (χ1) is 12.0. The number of carbonyl (C=O) groups is 1. The summed E-state index contributed by atoms with van der Waals surface area (Å²) in [5.41, 5.74) is 1.05. The Morgan fingerprint density at radius 3 is 2.60 bits per heavy atom. The van der Waals surface area contributed by atoms with E-state index in [4.69, 9.17) is 0 Å². The van der Waals surface area contributed by atoms with Crippen LogP contribution in [-0.4, -0.2) is 27.6 Å². The molecule has 0 spiro atoms. The number of carbonyl (C=O) groups excluding carboxylic acids is 1. The summed E-state index contributed by atoms with van der Waals surface area (Å²) in [4.78, 5) is 38.5. The van der Waals surface area contributed by atoms with Crippen LogP contribution in [0, 0.1) is 10.1 Å². The minimum absolute atomic E-state index is 0.161. The molecule has 8 heteroatoms. The third-order valence-corrected chi connectivity index (χ3v) is 3.75. The maximum Gasteiger partial charge on any atom is 0.337 e. The van der Waals surface area contributed by atoms with Crippen LogP contribution in [0.3, 0.4) is 0 Å². The van der Waals surface area contributed by atoms with Crippen LogP contribution in [0.2, 0.25) is 0 Å². The molecule has 0 unspecified atom stereocenters. The second-order valence-electron chi connectivity index (χ2n) is 5.32. The number of hydrogen-bond acceptors (Lipinski definition) is 6. The van der Waals surface area contributed by atoms with Gasteiger partial charge in [-0.25, -0.2) is 9.78 Å². The molecule has 0 aliphatic heterocycles. The van der Waals surface area contributed by atoms with Crippen molar-refractivity contribution in [2.45, 2.75) is 6.54 Å². The van der Waals surface area contributed by atoms with Crippen molar-refractivity contribution in [1.29, 1.82) is 0 Å². The van der Waals surface area contributed by atoms with Gasteiger partial charge in [0.2, 0.25) is 0 Å². The van der Waals surface area contributed by atoms with Crippen LogP contribution in [0.1, 0.15) is 15.9 Å². The summed E-state index contributed by atoms with van der Waals surface area (Å²) in [5, 5.41) is 11.1. The van der Waals surface area contributed by atoms with Crippen molar-refractivity contribution in [2.75, 3.05) is 7.11 Å². The first kappa shape index (κ1) is 16.3. The molecular formula is C17H13N3O5. The van der Waals surface area contributed by atoms with Crippen LogP contribution in [-0.2, 0) is 11.3 Å². The molecule has 1 heterocycles. The molecule has 8 nitrogen and oxygen atoms in total. The largest absolute Gasteiger partial charge is 0.465 e. The molecule has 0 aliphatic carbocycles. The number of rotatable bonds is 4. The Balaban J connectivity index is 1.96. The fourth-order valence-electron chi connectivity index (χ4n) is 2.43. The van der Waals surface area contributed by atoms with E-state index < -0.39 is 10.9 Å². The summed E-state index contributed by atoms with van der Waals surface area (Å²) in [5.74, 6) is -0.441. The van der Waals surface area contributed by atoms with E-state index in [0.29, 0.717) is 11.1 Å². The van der Waals surface area contributed by atoms with Crippen LogP contribution < -0.4 is 5.56 Å². The van der Waals surface area contributed by atoms with E-state index in [1.165, 1.54) is 36.2 Å². The van der Waals surface area contributed by atoms with Crippen LogP contribution in [0.4, 0.5) is 5.69 Å². The number of nitrogens with zero attached hydrogens (tertiary/aromatic N) is 3. The Hall–Kier alpha value is -3.55. The van der Waals surface area contributed by atoms with Crippen molar-refractivity contribution in [3.05, 3.63) is 80.4 Å². The van der Waals surface area contributed by atoms with Gasteiger partial charge in [0.1, 0.15) is 0 Å². The number of methoxy groups -OCH3 is 1. The highest BCUT2D eigenvalue weighted by Crippen LogP contribution is 2.16. The Bertz CT molecular complexity index is 1020. The van der Waals surface area contributed by atoms with Crippen molar-refractivity contribution in [3.63, 3.8) is 0 Å². The zero-order valence-electron chi connectivity index (χ0n) is 13.2. The van der Waals surface area contributed by atoms with E-state index in [1.54, 1.807) is 24.3 Å². The molecule has 0 amide bonds. The lowest BCUT2D eigenvalue weighted by Gasteiger charge is -2.07. The number of nitro benzene ring substituents is 1. The summed E-state index contributed by atoms with van der Waals surface area (Å²) >= 11 is 0. The molecule has 0 bridgehead atoms. The van der Waals surface area contributed by atoms with E-state index in [-0.39, 0.29) is 23.2 Å². The summed E-state index contributed by atoms with van der Waals surface area (Å²) < 4.78 is 5.99. The Morgan fingerprint density at radius 1 is 1.24 bits per heavy atom. The average molecular weight is 339 g/mol. The predicted octanol–water partition coefficient (Wildman–Crippen LogP) is 2.14. The van der Waals surface area contributed by atoms with Crippen LogP contribution >= 0.6 is 0 Å². The Kier molecular flexibility index (Phi) is 4.25. The number of aromatic nitrogens is 2. The van der Waals surface area contributed by atoms with Gasteiger partial charge in [0, 0.05) is 12.1 Å². The van der Waals surface area contributed by atoms with E-state index in [0.717, 1.165) is 5.56 Å². The molecule has 0 aliphatic rings. The fraction of sp³-hybridized carbons (Fsp3) is 0.118. The van der Waals surface area contributed by atoms with E-state index in [1.807, 2.05) is 0 Å². The highest BCUT2D eigenvalue weighted by atomic mass is 16.6. The van der Waals surface area contributed by atoms with Gasteiger partial charge < -0.3 is 4.74 Å². The lowest BCUT2D eigenvalue weighted by atomic mass is 10.1.